The van der Waals surface area contributed by atoms with Gasteiger partial charge in [0.1, 0.15) is 11.6 Å². The molecule has 1 fully saturated rings. The van der Waals surface area contributed by atoms with Crippen LogP contribution in [0.15, 0.2) is 42.6 Å². The monoisotopic (exact) mass is 339 g/mol. The molecule has 3 heterocycles. The topological polar surface area (TPSA) is 62.5 Å². The Balaban J connectivity index is 1.69. The summed E-state index contributed by atoms with van der Waals surface area (Å²) in [6.07, 6.45) is 1.76. The Morgan fingerprint density at radius 2 is 2.16 bits per heavy atom. The smallest absolute Gasteiger partial charge is 0.255 e. The van der Waals surface area contributed by atoms with Crippen LogP contribution in [0.2, 0.25) is 0 Å². The lowest BCUT2D eigenvalue weighted by molar-refractivity contribution is 0.0633. The van der Waals surface area contributed by atoms with E-state index >= 15 is 0 Å². The molecule has 1 aliphatic heterocycles. The molecular formula is C18H18FN5O. The molecule has 1 aromatic carbocycles. The standard InChI is InChI=1S/C18H18FN5O/c1-12-21-22-17-6-5-14(11-24(12)17)18(25)23-8-7-20-10-16(23)13-3-2-4-15(19)9-13/h2-6,9,11,16,20H,7-8,10H2,1H3. The summed E-state index contributed by atoms with van der Waals surface area (Å²) >= 11 is 0. The van der Waals surface area contributed by atoms with Crippen molar-refractivity contribution in [3.8, 4) is 0 Å². The minimum Gasteiger partial charge on any atom is -0.329 e. The van der Waals surface area contributed by atoms with Gasteiger partial charge in [0.05, 0.1) is 11.6 Å². The molecule has 1 saturated heterocycles. The second-order valence-electron chi connectivity index (χ2n) is 6.17. The van der Waals surface area contributed by atoms with Crippen molar-refractivity contribution in [3.05, 3.63) is 65.4 Å². The maximum Gasteiger partial charge on any atom is 0.255 e. The third-order valence-electron chi connectivity index (χ3n) is 4.56. The Bertz CT molecular complexity index is 938. The Kier molecular flexibility index (Phi) is 3.93. The molecule has 0 bridgehead atoms. The Morgan fingerprint density at radius 3 is 3.00 bits per heavy atom. The molecule has 6 nitrogen and oxygen atoms in total. The summed E-state index contributed by atoms with van der Waals surface area (Å²) in [6, 6.07) is 9.78. The molecule has 3 aromatic rings. The molecule has 4 rings (SSSR count). The van der Waals surface area contributed by atoms with E-state index in [4.69, 9.17) is 0 Å². The first-order chi connectivity index (χ1) is 12.1. The number of fused-ring (bicyclic) bond motifs is 1. The highest BCUT2D eigenvalue weighted by Gasteiger charge is 2.29. The van der Waals surface area contributed by atoms with Gasteiger partial charge in [0.25, 0.3) is 5.91 Å². The predicted octanol–water partition coefficient (Wildman–Crippen LogP) is 1.96. The van der Waals surface area contributed by atoms with E-state index in [0.717, 1.165) is 11.4 Å². The molecule has 1 amide bonds. The fourth-order valence-electron chi connectivity index (χ4n) is 3.26. The van der Waals surface area contributed by atoms with Crippen LogP contribution < -0.4 is 5.32 Å². The highest BCUT2D eigenvalue weighted by molar-refractivity contribution is 5.94. The third kappa shape index (κ3) is 2.87. The van der Waals surface area contributed by atoms with E-state index in [9.17, 15) is 9.18 Å². The molecule has 2 aromatic heterocycles. The lowest BCUT2D eigenvalue weighted by Gasteiger charge is -2.36. The number of benzene rings is 1. The molecule has 0 saturated carbocycles. The van der Waals surface area contributed by atoms with Crippen LogP contribution in [0.3, 0.4) is 0 Å². The molecule has 0 radical (unpaired) electrons. The van der Waals surface area contributed by atoms with E-state index in [2.05, 4.69) is 15.5 Å². The van der Waals surface area contributed by atoms with Crippen molar-refractivity contribution >= 4 is 11.6 Å². The fraction of sp³-hybridized carbons (Fsp3) is 0.278. The van der Waals surface area contributed by atoms with E-state index in [1.54, 1.807) is 33.7 Å². The number of nitrogens with zero attached hydrogens (tertiary/aromatic N) is 4. The van der Waals surface area contributed by atoms with Crippen molar-refractivity contribution in [2.24, 2.45) is 0 Å². The SMILES string of the molecule is Cc1nnc2ccc(C(=O)N3CCNCC3c3cccc(F)c3)cn12. The van der Waals surface area contributed by atoms with Crippen LogP contribution in [0, 0.1) is 12.7 Å². The number of halogens is 1. The summed E-state index contributed by atoms with van der Waals surface area (Å²) in [5, 5.41) is 11.3. The molecule has 25 heavy (non-hydrogen) atoms. The molecule has 1 aliphatic rings. The van der Waals surface area contributed by atoms with Gasteiger partial charge >= 0.3 is 0 Å². The minimum atomic E-state index is -0.294. The maximum atomic E-state index is 13.6. The molecule has 0 spiro atoms. The van der Waals surface area contributed by atoms with Gasteiger partial charge in [-0.3, -0.25) is 9.20 Å². The number of rotatable bonds is 2. The van der Waals surface area contributed by atoms with Crippen LogP contribution in [0.5, 0.6) is 0 Å². The van der Waals surface area contributed by atoms with Crippen LogP contribution in [-0.2, 0) is 0 Å². The molecule has 1 N–H and O–H groups in total. The van der Waals surface area contributed by atoms with E-state index in [1.165, 1.54) is 12.1 Å². The lowest BCUT2D eigenvalue weighted by Crippen LogP contribution is -2.48. The van der Waals surface area contributed by atoms with E-state index in [1.807, 2.05) is 13.0 Å². The second kappa shape index (κ2) is 6.25. The van der Waals surface area contributed by atoms with Gasteiger partial charge in [0, 0.05) is 25.8 Å². The van der Waals surface area contributed by atoms with Crippen molar-refractivity contribution in [2.75, 3.05) is 19.6 Å². The normalized spacial score (nSPS) is 17.8. The number of aromatic nitrogens is 3. The van der Waals surface area contributed by atoms with Crippen molar-refractivity contribution < 1.29 is 9.18 Å². The molecule has 1 unspecified atom stereocenters. The number of nitrogens with one attached hydrogen (secondary N) is 1. The Hall–Kier alpha value is -2.80. The first-order valence-corrected chi connectivity index (χ1v) is 8.22. The summed E-state index contributed by atoms with van der Waals surface area (Å²) < 4.78 is 15.4. The van der Waals surface area contributed by atoms with Gasteiger partial charge in [0.15, 0.2) is 5.65 Å². The maximum absolute atomic E-state index is 13.6. The number of piperazine rings is 1. The number of carbonyl (C=O) groups is 1. The highest BCUT2D eigenvalue weighted by Crippen LogP contribution is 2.25. The average molecular weight is 339 g/mol. The number of aryl methyl sites for hydroxylation is 1. The number of hydrogen-bond acceptors (Lipinski definition) is 4. The summed E-state index contributed by atoms with van der Waals surface area (Å²) in [5.41, 5.74) is 2.07. The lowest BCUT2D eigenvalue weighted by atomic mass is 10.0. The second-order valence-corrected chi connectivity index (χ2v) is 6.17. The first-order valence-electron chi connectivity index (χ1n) is 8.22. The van der Waals surface area contributed by atoms with Gasteiger partial charge in [-0.05, 0) is 36.8 Å². The van der Waals surface area contributed by atoms with Gasteiger partial charge in [-0.25, -0.2) is 4.39 Å². The van der Waals surface area contributed by atoms with Gasteiger partial charge < -0.3 is 10.2 Å². The molecule has 128 valence electrons. The van der Waals surface area contributed by atoms with E-state index in [0.29, 0.717) is 30.8 Å². The summed E-state index contributed by atoms with van der Waals surface area (Å²) in [7, 11) is 0. The Labute approximate surface area is 144 Å². The first kappa shape index (κ1) is 15.7. The zero-order valence-corrected chi connectivity index (χ0v) is 13.8. The number of pyridine rings is 1. The van der Waals surface area contributed by atoms with Gasteiger partial charge in [0.2, 0.25) is 0 Å². The molecule has 1 atom stereocenters. The summed E-state index contributed by atoms with van der Waals surface area (Å²) in [4.78, 5) is 14.9. The minimum absolute atomic E-state index is 0.0780. The third-order valence-corrected chi connectivity index (χ3v) is 4.56. The summed E-state index contributed by atoms with van der Waals surface area (Å²) in [6.45, 7) is 3.72. The molecule has 7 heteroatoms. The van der Waals surface area contributed by atoms with Crippen LogP contribution in [0.4, 0.5) is 4.39 Å². The van der Waals surface area contributed by atoms with Crippen molar-refractivity contribution in [1.29, 1.82) is 0 Å². The zero-order chi connectivity index (χ0) is 17.4. The van der Waals surface area contributed by atoms with Crippen LogP contribution in [0.1, 0.15) is 27.8 Å². The quantitative estimate of drug-likeness (QED) is 0.775. The van der Waals surface area contributed by atoms with Crippen LogP contribution in [0.25, 0.3) is 5.65 Å². The van der Waals surface area contributed by atoms with Crippen molar-refractivity contribution in [3.63, 3.8) is 0 Å². The van der Waals surface area contributed by atoms with Crippen molar-refractivity contribution in [2.45, 2.75) is 13.0 Å². The molecular weight excluding hydrogens is 321 g/mol. The van der Waals surface area contributed by atoms with Crippen LogP contribution in [-0.4, -0.2) is 45.0 Å². The summed E-state index contributed by atoms with van der Waals surface area (Å²) in [5.74, 6) is 0.356. The van der Waals surface area contributed by atoms with Crippen LogP contribution >= 0.6 is 0 Å². The Morgan fingerprint density at radius 1 is 1.28 bits per heavy atom. The fourth-order valence-corrected chi connectivity index (χ4v) is 3.26. The number of amides is 1. The largest absolute Gasteiger partial charge is 0.329 e. The molecule has 0 aliphatic carbocycles. The number of carbonyl (C=O) groups excluding carboxylic acids is 1. The van der Waals surface area contributed by atoms with E-state index in [-0.39, 0.29) is 17.8 Å². The van der Waals surface area contributed by atoms with Gasteiger partial charge in [-0.1, -0.05) is 12.1 Å². The predicted molar refractivity (Wildman–Crippen MR) is 90.8 cm³/mol. The number of hydrogen-bond donors (Lipinski definition) is 1. The highest BCUT2D eigenvalue weighted by atomic mass is 19.1. The zero-order valence-electron chi connectivity index (χ0n) is 13.8. The average Bonchev–Trinajstić information content (AvgIpc) is 3.01. The van der Waals surface area contributed by atoms with Gasteiger partial charge in [-0.2, -0.15) is 0 Å². The van der Waals surface area contributed by atoms with Gasteiger partial charge in [-0.15, -0.1) is 10.2 Å². The van der Waals surface area contributed by atoms with Crippen molar-refractivity contribution in [1.82, 2.24) is 24.8 Å². The van der Waals surface area contributed by atoms with E-state index < -0.39 is 0 Å².